The molecule has 8 nitrogen and oxygen atoms in total. The summed E-state index contributed by atoms with van der Waals surface area (Å²) in [5.74, 6) is -0.320. The molecule has 1 aromatic carbocycles. The number of hydrogen-bond acceptors (Lipinski definition) is 6. The molecule has 2 heterocycles. The SMILES string of the molecule is COc1ccc([C@@H](C(=O)NC2CCCC2)N(Cc2cccs2)C(=O)CNC(=O)c2ccco2)cc1. The van der Waals surface area contributed by atoms with E-state index in [9.17, 15) is 14.4 Å². The minimum absolute atomic E-state index is 0.0978. The van der Waals surface area contributed by atoms with Crippen LogP contribution >= 0.6 is 11.3 Å². The summed E-state index contributed by atoms with van der Waals surface area (Å²) in [6, 6.07) is 13.3. The van der Waals surface area contributed by atoms with Crippen molar-refractivity contribution in [1.29, 1.82) is 0 Å². The number of furan rings is 1. The molecule has 0 spiro atoms. The van der Waals surface area contributed by atoms with Crippen molar-refractivity contribution in [2.45, 2.75) is 44.3 Å². The monoisotopic (exact) mass is 495 g/mol. The molecule has 2 aromatic heterocycles. The van der Waals surface area contributed by atoms with Gasteiger partial charge in [-0.2, -0.15) is 0 Å². The molecule has 0 unspecified atom stereocenters. The molecule has 1 aliphatic carbocycles. The summed E-state index contributed by atoms with van der Waals surface area (Å²) in [7, 11) is 1.58. The number of carbonyl (C=O) groups is 3. The molecule has 184 valence electrons. The predicted octanol–water partition coefficient (Wildman–Crippen LogP) is 3.91. The van der Waals surface area contributed by atoms with Gasteiger partial charge in [-0.15, -0.1) is 11.3 Å². The highest BCUT2D eigenvalue weighted by Crippen LogP contribution is 2.28. The van der Waals surface area contributed by atoms with Gasteiger partial charge >= 0.3 is 0 Å². The Kier molecular flexibility index (Phi) is 8.20. The van der Waals surface area contributed by atoms with Gasteiger partial charge in [-0.05, 0) is 54.1 Å². The zero-order valence-corrected chi connectivity index (χ0v) is 20.4. The maximum Gasteiger partial charge on any atom is 0.287 e. The van der Waals surface area contributed by atoms with Crippen molar-refractivity contribution in [3.63, 3.8) is 0 Å². The van der Waals surface area contributed by atoms with Crippen LogP contribution in [0.1, 0.15) is 52.7 Å². The Labute approximate surface area is 208 Å². The molecule has 4 rings (SSSR count). The first-order valence-corrected chi connectivity index (χ1v) is 12.5. The molecular weight excluding hydrogens is 466 g/mol. The summed E-state index contributed by atoms with van der Waals surface area (Å²) < 4.78 is 10.4. The Balaban J connectivity index is 1.61. The highest BCUT2D eigenvalue weighted by molar-refractivity contribution is 7.09. The van der Waals surface area contributed by atoms with E-state index in [1.54, 1.807) is 37.4 Å². The average Bonchev–Trinajstić information content (AvgIpc) is 3.66. The smallest absolute Gasteiger partial charge is 0.287 e. The van der Waals surface area contributed by atoms with E-state index in [1.807, 2.05) is 17.5 Å². The lowest BCUT2D eigenvalue weighted by Crippen LogP contribution is -2.48. The van der Waals surface area contributed by atoms with Gasteiger partial charge in [0.05, 0.1) is 26.5 Å². The fourth-order valence-corrected chi connectivity index (χ4v) is 4.96. The van der Waals surface area contributed by atoms with E-state index in [-0.39, 0.29) is 36.7 Å². The third-order valence-electron chi connectivity index (χ3n) is 6.06. The second kappa shape index (κ2) is 11.7. The van der Waals surface area contributed by atoms with Crippen LogP contribution in [0.5, 0.6) is 5.75 Å². The van der Waals surface area contributed by atoms with Gasteiger partial charge in [0.25, 0.3) is 5.91 Å². The van der Waals surface area contributed by atoms with Gasteiger partial charge in [0.2, 0.25) is 11.8 Å². The zero-order chi connectivity index (χ0) is 24.6. The number of hydrogen-bond donors (Lipinski definition) is 2. The molecule has 0 saturated heterocycles. The number of rotatable bonds is 10. The topological polar surface area (TPSA) is 101 Å². The maximum absolute atomic E-state index is 13.6. The first-order chi connectivity index (χ1) is 17.0. The fraction of sp³-hybridized carbons (Fsp3) is 0.346. The van der Waals surface area contributed by atoms with Crippen molar-refractivity contribution < 1.29 is 23.5 Å². The fourth-order valence-electron chi connectivity index (χ4n) is 4.26. The Bertz CT molecular complexity index is 1110. The van der Waals surface area contributed by atoms with Crippen molar-refractivity contribution in [3.05, 3.63) is 76.4 Å². The first kappa shape index (κ1) is 24.5. The van der Waals surface area contributed by atoms with Crippen LogP contribution in [0.4, 0.5) is 0 Å². The molecule has 1 saturated carbocycles. The number of ether oxygens (including phenoxy) is 1. The molecule has 9 heteroatoms. The van der Waals surface area contributed by atoms with Crippen molar-refractivity contribution in [1.82, 2.24) is 15.5 Å². The van der Waals surface area contributed by atoms with Gasteiger partial charge < -0.3 is 24.7 Å². The summed E-state index contributed by atoms with van der Waals surface area (Å²) in [5.41, 5.74) is 0.670. The third kappa shape index (κ3) is 6.30. The summed E-state index contributed by atoms with van der Waals surface area (Å²) in [6.07, 6.45) is 5.41. The number of amides is 3. The predicted molar refractivity (Wildman–Crippen MR) is 132 cm³/mol. The molecule has 1 aliphatic rings. The minimum atomic E-state index is -0.864. The molecule has 2 N–H and O–H groups in total. The van der Waals surface area contributed by atoms with Crippen LogP contribution in [0.3, 0.4) is 0 Å². The lowest BCUT2D eigenvalue weighted by Gasteiger charge is -2.32. The van der Waals surface area contributed by atoms with Crippen LogP contribution in [0.25, 0.3) is 0 Å². The lowest BCUT2D eigenvalue weighted by atomic mass is 10.0. The highest BCUT2D eigenvalue weighted by Gasteiger charge is 2.33. The van der Waals surface area contributed by atoms with E-state index in [1.165, 1.54) is 28.6 Å². The number of benzene rings is 1. The normalized spacial score (nSPS) is 14.3. The number of carbonyl (C=O) groups excluding carboxylic acids is 3. The molecule has 1 fully saturated rings. The summed E-state index contributed by atoms with van der Waals surface area (Å²) in [6.45, 7) is -0.0316. The highest BCUT2D eigenvalue weighted by atomic mass is 32.1. The second-order valence-electron chi connectivity index (χ2n) is 8.43. The summed E-state index contributed by atoms with van der Waals surface area (Å²) in [4.78, 5) is 41.9. The molecule has 35 heavy (non-hydrogen) atoms. The van der Waals surface area contributed by atoms with Gasteiger partial charge in [-0.25, -0.2) is 0 Å². The van der Waals surface area contributed by atoms with Crippen LogP contribution < -0.4 is 15.4 Å². The van der Waals surface area contributed by atoms with Crippen LogP contribution in [0.2, 0.25) is 0 Å². The van der Waals surface area contributed by atoms with Crippen LogP contribution in [0.15, 0.2) is 64.6 Å². The minimum Gasteiger partial charge on any atom is -0.497 e. The third-order valence-corrected chi connectivity index (χ3v) is 6.93. The number of methoxy groups -OCH3 is 1. The molecule has 0 bridgehead atoms. The van der Waals surface area contributed by atoms with Crippen molar-refractivity contribution in [2.24, 2.45) is 0 Å². The molecule has 0 radical (unpaired) electrons. The van der Waals surface area contributed by atoms with Crippen LogP contribution in [-0.2, 0) is 16.1 Å². The number of nitrogens with one attached hydrogen (secondary N) is 2. The van der Waals surface area contributed by atoms with Gasteiger partial charge in [-0.1, -0.05) is 31.0 Å². The summed E-state index contributed by atoms with van der Waals surface area (Å²) in [5, 5.41) is 7.68. The second-order valence-corrected chi connectivity index (χ2v) is 9.46. The Hall–Kier alpha value is -3.59. The summed E-state index contributed by atoms with van der Waals surface area (Å²) >= 11 is 1.51. The largest absolute Gasteiger partial charge is 0.497 e. The standard InChI is InChI=1S/C26H29N3O5S/c1-33-20-12-10-18(11-13-20)24(26(32)28-19-6-2-3-7-19)29(17-21-8-5-15-35-21)23(30)16-27-25(31)22-9-4-14-34-22/h4-5,8-15,19,24H,2-3,6-7,16-17H2,1H3,(H,27,31)(H,28,32)/t24-/m0/s1. The number of nitrogens with zero attached hydrogens (tertiary/aromatic N) is 1. The quantitative estimate of drug-likeness (QED) is 0.444. The van der Waals surface area contributed by atoms with E-state index in [2.05, 4.69) is 10.6 Å². The van der Waals surface area contributed by atoms with Gasteiger partial charge in [-0.3, -0.25) is 14.4 Å². The Morgan fingerprint density at radius 2 is 1.89 bits per heavy atom. The number of thiophene rings is 1. The van der Waals surface area contributed by atoms with E-state index < -0.39 is 11.9 Å². The molecule has 1 atom stereocenters. The molecular formula is C26H29N3O5S. The Morgan fingerprint density at radius 1 is 1.11 bits per heavy atom. The van der Waals surface area contributed by atoms with Gasteiger partial charge in [0.1, 0.15) is 11.8 Å². The molecule has 3 aromatic rings. The van der Waals surface area contributed by atoms with E-state index >= 15 is 0 Å². The first-order valence-electron chi connectivity index (χ1n) is 11.6. The van der Waals surface area contributed by atoms with Gasteiger partial charge in [0, 0.05) is 10.9 Å². The molecule has 0 aliphatic heterocycles. The van der Waals surface area contributed by atoms with Crippen molar-refractivity contribution in [2.75, 3.05) is 13.7 Å². The lowest BCUT2D eigenvalue weighted by molar-refractivity contribution is -0.141. The molecule has 3 amide bonds. The van der Waals surface area contributed by atoms with E-state index in [4.69, 9.17) is 9.15 Å². The average molecular weight is 496 g/mol. The van der Waals surface area contributed by atoms with E-state index in [0.717, 1.165) is 30.6 Å². The van der Waals surface area contributed by atoms with Crippen LogP contribution in [-0.4, -0.2) is 42.3 Å². The zero-order valence-electron chi connectivity index (χ0n) is 19.6. The maximum atomic E-state index is 13.6. The Morgan fingerprint density at radius 3 is 2.51 bits per heavy atom. The van der Waals surface area contributed by atoms with E-state index in [0.29, 0.717) is 11.3 Å². The van der Waals surface area contributed by atoms with Crippen molar-refractivity contribution >= 4 is 29.1 Å². The van der Waals surface area contributed by atoms with Crippen LogP contribution in [0, 0.1) is 0 Å². The van der Waals surface area contributed by atoms with Crippen molar-refractivity contribution in [3.8, 4) is 5.75 Å². The van der Waals surface area contributed by atoms with Gasteiger partial charge in [0.15, 0.2) is 5.76 Å².